The Kier molecular flexibility index (Phi) is 2.03. The van der Waals surface area contributed by atoms with E-state index in [1.807, 2.05) is 0 Å². The van der Waals surface area contributed by atoms with E-state index in [-0.39, 0.29) is 11.7 Å². The highest BCUT2D eigenvalue weighted by molar-refractivity contribution is 5.92. The number of nitrogens with zero attached hydrogens (tertiary/aromatic N) is 3. The molecule has 2 rings (SSSR count). The molecule has 6 nitrogen and oxygen atoms in total. The number of nitrogen functional groups attached to an aromatic ring is 1. The minimum Gasteiger partial charge on any atom is -0.438 e. The first-order chi connectivity index (χ1) is 7.08. The molecule has 0 saturated carbocycles. The fourth-order valence-electron chi connectivity index (χ4n) is 1.23. The number of aryl methyl sites for hydroxylation is 2. The summed E-state index contributed by atoms with van der Waals surface area (Å²) in [5.41, 5.74) is 6.27. The molecule has 2 heterocycles. The second kappa shape index (κ2) is 3.23. The largest absolute Gasteiger partial charge is 0.438 e. The molecular formula is C9H10N4O2. The van der Waals surface area contributed by atoms with Crippen LogP contribution >= 0.6 is 0 Å². The highest BCUT2D eigenvalue weighted by Gasteiger charge is 2.17. The molecule has 0 bridgehead atoms. The third kappa shape index (κ3) is 1.61. The summed E-state index contributed by atoms with van der Waals surface area (Å²) in [6.07, 6.45) is 1.47. The van der Waals surface area contributed by atoms with Crippen molar-refractivity contribution in [2.75, 3.05) is 5.73 Å². The van der Waals surface area contributed by atoms with E-state index in [0.29, 0.717) is 11.5 Å². The molecule has 0 saturated heterocycles. The molecule has 0 amide bonds. The smallest absolute Gasteiger partial charge is 0.335 e. The Morgan fingerprint density at radius 1 is 1.53 bits per heavy atom. The van der Waals surface area contributed by atoms with Gasteiger partial charge in [0.25, 0.3) is 5.89 Å². The predicted molar refractivity (Wildman–Crippen MR) is 52.3 cm³/mol. The summed E-state index contributed by atoms with van der Waals surface area (Å²) >= 11 is 0. The van der Waals surface area contributed by atoms with Crippen LogP contribution in [0.15, 0.2) is 16.7 Å². The van der Waals surface area contributed by atoms with Crippen LogP contribution in [0.3, 0.4) is 0 Å². The number of oxazole rings is 1. The van der Waals surface area contributed by atoms with Crippen LogP contribution in [0.4, 0.5) is 5.82 Å². The van der Waals surface area contributed by atoms with Gasteiger partial charge in [-0.05, 0) is 13.8 Å². The van der Waals surface area contributed by atoms with Gasteiger partial charge in [0.05, 0.1) is 11.9 Å². The summed E-state index contributed by atoms with van der Waals surface area (Å²) in [5.74, 6) is 0.366. The van der Waals surface area contributed by atoms with Gasteiger partial charge in [-0.3, -0.25) is 4.79 Å². The van der Waals surface area contributed by atoms with Crippen molar-refractivity contribution in [1.82, 2.24) is 14.8 Å². The van der Waals surface area contributed by atoms with Gasteiger partial charge in [-0.25, -0.2) is 4.98 Å². The molecule has 2 N–H and O–H groups in total. The zero-order chi connectivity index (χ0) is 11.0. The maximum Gasteiger partial charge on any atom is 0.335 e. The maximum absolute atomic E-state index is 11.8. The monoisotopic (exact) mass is 206 g/mol. The van der Waals surface area contributed by atoms with Gasteiger partial charge in [-0.1, -0.05) is 0 Å². The summed E-state index contributed by atoms with van der Waals surface area (Å²) in [4.78, 5) is 15.6. The van der Waals surface area contributed by atoms with E-state index in [4.69, 9.17) is 10.2 Å². The van der Waals surface area contributed by atoms with Crippen LogP contribution in [-0.4, -0.2) is 20.7 Å². The first kappa shape index (κ1) is 9.45. The lowest BCUT2D eigenvalue weighted by Gasteiger charge is -1.97. The minimum atomic E-state index is -0.464. The average Bonchev–Trinajstić information content (AvgIpc) is 2.71. The van der Waals surface area contributed by atoms with E-state index < -0.39 is 5.91 Å². The number of hydrogen-bond donors (Lipinski definition) is 1. The summed E-state index contributed by atoms with van der Waals surface area (Å²) < 4.78 is 6.16. The first-order valence-corrected chi connectivity index (χ1v) is 4.37. The van der Waals surface area contributed by atoms with Gasteiger partial charge < -0.3 is 10.2 Å². The molecule has 0 atom stereocenters. The molecule has 6 heteroatoms. The molecule has 0 aliphatic rings. The average molecular weight is 206 g/mol. The SMILES string of the molecule is Cc1cc(N)n(C(=O)c2ncc(C)o2)n1. The highest BCUT2D eigenvalue weighted by atomic mass is 16.4. The summed E-state index contributed by atoms with van der Waals surface area (Å²) in [6.45, 7) is 3.46. The Morgan fingerprint density at radius 2 is 2.27 bits per heavy atom. The number of carbonyl (C=O) groups is 1. The Bertz CT molecular complexity index is 512. The zero-order valence-electron chi connectivity index (χ0n) is 8.39. The van der Waals surface area contributed by atoms with Gasteiger partial charge in [0.1, 0.15) is 11.6 Å². The van der Waals surface area contributed by atoms with E-state index in [9.17, 15) is 4.79 Å². The van der Waals surface area contributed by atoms with Crippen molar-refractivity contribution in [2.45, 2.75) is 13.8 Å². The molecule has 15 heavy (non-hydrogen) atoms. The second-order valence-corrected chi connectivity index (χ2v) is 3.20. The van der Waals surface area contributed by atoms with E-state index >= 15 is 0 Å². The van der Waals surface area contributed by atoms with Crippen molar-refractivity contribution in [3.63, 3.8) is 0 Å². The molecule has 0 unspecified atom stereocenters. The molecule has 78 valence electrons. The van der Waals surface area contributed by atoms with Crippen LogP contribution in [0.25, 0.3) is 0 Å². The minimum absolute atomic E-state index is 0.0118. The van der Waals surface area contributed by atoms with Crippen LogP contribution < -0.4 is 5.73 Å². The zero-order valence-corrected chi connectivity index (χ0v) is 8.39. The maximum atomic E-state index is 11.8. The fourth-order valence-corrected chi connectivity index (χ4v) is 1.23. The highest BCUT2D eigenvalue weighted by Crippen LogP contribution is 2.09. The van der Waals surface area contributed by atoms with Crippen LogP contribution in [0.2, 0.25) is 0 Å². The number of hydrogen-bond acceptors (Lipinski definition) is 5. The van der Waals surface area contributed by atoms with Gasteiger partial charge in [0, 0.05) is 6.07 Å². The first-order valence-electron chi connectivity index (χ1n) is 4.37. The number of rotatable bonds is 1. The van der Waals surface area contributed by atoms with Crippen LogP contribution in [0.5, 0.6) is 0 Å². The number of carbonyl (C=O) groups excluding carboxylic acids is 1. The molecule has 0 radical (unpaired) electrons. The molecule has 2 aromatic heterocycles. The van der Waals surface area contributed by atoms with Crippen molar-refractivity contribution >= 4 is 11.7 Å². The quantitative estimate of drug-likeness (QED) is 0.744. The molecular weight excluding hydrogens is 196 g/mol. The predicted octanol–water partition coefficient (Wildman–Crippen LogP) is 0.759. The third-order valence-electron chi connectivity index (χ3n) is 1.86. The normalized spacial score (nSPS) is 10.5. The van der Waals surface area contributed by atoms with Gasteiger partial charge in [0.15, 0.2) is 0 Å². The van der Waals surface area contributed by atoms with Crippen molar-refractivity contribution in [3.8, 4) is 0 Å². The van der Waals surface area contributed by atoms with Crippen molar-refractivity contribution in [2.24, 2.45) is 0 Å². The Balaban J connectivity index is 2.40. The molecule has 0 aliphatic carbocycles. The molecule has 2 aromatic rings. The van der Waals surface area contributed by atoms with Gasteiger partial charge in [-0.15, -0.1) is 0 Å². The van der Waals surface area contributed by atoms with Gasteiger partial charge in [0.2, 0.25) is 0 Å². The molecule has 0 aromatic carbocycles. The lowest BCUT2D eigenvalue weighted by molar-refractivity contribution is 0.0911. The molecule has 0 aliphatic heterocycles. The Morgan fingerprint density at radius 3 is 2.73 bits per heavy atom. The van der Waals surface area contributed by atoms with Crippen molar-refractivity contribution in [3.05, 3.63) is 29.6 Å². The third-order valence-corrected chi connectivity index (χ3v) is 1.86. The fraction of sp³-hybridized carbons (Fsp3) is 0.222. The lowest BCUT2D eigenvalue weighted by atomic mass is 10.5. The Labute approximate surface area is 85.7 Å². The van der Waals surface area contributed by atoms with E-state index in [1.165, 1.54) is 6.20 Å². The topological polar surface area (TPSA) is 86.9 Å². The molecule has 0 spiro atoms. The van der Waals surface area contributed by atoms with Crippen LogP contribution in [0.1, 0.15) is 22.1 Å². The molecule has 0 fully saturated rings. The standard InChI is InChI=1S/C9H10N4O2/c1-5-3-7(10)13(12-5)9(14)8-11-4-6(2)15-8/h3-4H,10H2,1-2H3. The lowest BCUT2D eigenvalue weighted by Crippen LogP contribution is -2.16. The van der Waals surface area contributed by atoms with Crippen molar-refractivity contribution in [1.29, 1.82) is 0 Å². The van der Waals surface area contributed by atoms with Gasteiger partial charge in [-0.2, -0.15) is 9.78 Å². The van der Waals surface area contributed by atoms with E-state index in [0.717, 1.165) is 4.68 Å². The summed E-state index contributed by atoms with van der Waals surface area (Å²) in [7, 11) is 0. The van der Waals surface area contributed by atoms with E-state index in [1.54, 1.807) is 19.9 Å². The van der Waals surface area contributed by atoms with E-state index in [2.05, 4.69) is 10.1 Å². The summed E-state index contributed by atoms with van der Waals surface area (Å²) in [5, 5.41) is 3.94. The number of nitrogens with two attached hydrogens (primary N) is 1. The van der Waals surface area contributed by atoms with Crippen molar-refractivity contribution < 1.29 is 9.21 Å². The second-order valence-electron chi connectivity index (χ2n) is 3.20. The van der Waals surface area contributed by atoms with Crippen LogP contribution in [0, 0.1) is 13.8 Å². The Hall–Kier alpha value is -2.11. The summed E-state index contributed by atoms with van der Waals surface area (Å²) in [6, 6.07) is 1.60. The number of aromatic nitrogens is 3. The van der Waals surface area contributed by atoms with Gasteiger partial charge >= 0.3 is 5.91 Å². The number of anilines is 1. The van der Waals surface area contributed by atoms with Crippen LogP contribution in [-0.2, 0) is 0 Å².